The molecule has 0 aliphatic carbocycles. The summed E-state index contributed by atoms with van der Waals surface area (Å²) < 4.78 is 0. The average Bonchev–Trinajstić information content (AvgIpc) is 2.93. The normalized spacial score (nSPS) is 15.3. The topological polar surface area (TPSA) is 78.4 Å². The van der Waals surface area contributed by atoms with Crippen molar-refractivity contribution >= 4 is 34.0 Å². The fourth-order valence-corrected chi connectivity index (χ4v) is 1.89. The largest absolute Gasteiger partial charge is 0.293 e. The van der Waals surface area contributed by atoms with Crippen LogP contribution in [0, 0.1) is 0 Å². The quantitative estimate of drug-likeness (QED) is 0.860. The van der Waals surface area contributed by atoms with Crippen LogP contribution in [0.15, 0.2) is 29.5 Å². The van der Waals surface area contributed by atoms with E-state index in [9.17, 15) is 9.59 Å². The second-order valence-corrected chi connectivity index (χ2v) is 4.13. The van der Waals surface area contributed by atoms with Gasteiger partial charge in [-0.2, -0.15) is 10.2 Å². The van der Waals surface area contributed by atoms with Crippen molar-refractivity contribution in [1.82, 2.24) is 10.2 Å². The summed E-state index contributed by atoms with van der Waals surface area (Å²) in [5, 5.41) is 13.0. The Morgan fingerprint density at radius 2 is 2.28 bits per heavy atom. The summed E-state index contributed by atoms with van der Waals surface area (Å²) in [7, 11) is 0. The number of Topliss-reactive ketones (excluding diaryl/α,β-unsaturated/α-hetero) is 1. The van der Waals surface area contributed by atoms with Gasteiger partial charge in [-0.1, -0.05) is 0 Å². The van der Waals surface area contributed by atoms with Crippen LogP contribution in [-0.4, -0.2) is 27.6 Å². The standard InChI is InChI=1S/C12H10N4O2/c1-7(17)11-5-12(18)16(15-11)9-2-3-10-8(4-9)6-13-14-10/h2-4,6H,5H2,1H3,(H,13,14). The van der Waals surface area contributed by atoms with Crippen molar-refractivity contribution in [3.8, 4) is 0 Å². The van der Waals surface area contributed by atoms with Crippen molar-refractivity contribution in [1.29, 1.82) is 0 Å². The molecule has 0 saturated heterocycles. The summed E-state index contributed by atoms with van der Waals surface area (Å²) in [5.41, 5.74) is 1.83. The molecular weight excluding hydrogens is 232 g/mol. The number of aromatic nitrogens is 2. The van der Waals surface area contributed by atoms with Crippen molar-refractivity contribution in [2.24, 2.45) is 5.10 Å². The lowest BCUT2D eigenvalue weighted by molar-refractivity contribution is -0.117. The Kier molecular flexibility index (Phi) is 2.22. The number of anilines is 1. The van der Waals surface area contributed by atoms with Gasteiger partial charge in [-0.3, -0.25) is 14.7 Å². The first-order valence-electron chi connectivity index (χ1n) is 5.49. The lowest BCUT2D eigenvalue weighted by Crippen LogP contribution is -2.19. The summed E-state index contributed by atoms with van der Waals surface area (Å²) in [5.74, 6) is -0.363. The van der Waals surface area contributed by atoms with E-state index in [1.165, 1.54) is 11.9 Å². The van der Waals surface area contributed by atoms with E-state index in [0.717, 1.165) is 10.9 Å². The molecule has 2 aromatic rings. The summed E-state index contributed by atoms with van der Waals surface area (Å²) in [6.07, 6.45) is 1.74. The first kappa shape index (κ1) is 10.6. The van der Waals surface area contributed by atoms with Crippen molar-refractivity contribution in [3.63, 3.8) is 0 Å². The zero-order chi connectivity index (χ0) is 12.7. The monoisotopic (exact) mass is 242 g/mol. The van der Waals surface area contributed by atoms with Crippen molar-refractivity contribution < 1.29 is 9.59 Å². The molecule has 2 heterocycles. The van der Waals surface area contributed by atoms with E-state index in [0.29, 0.717) is 11.4 Å². The van der Waals surface area contributed by atoms with Gasteiger partial charge < -0.3 is 0 Å². The fraction of sp³-hybridized carbons (Fsp3) is 0.167. The molecule has 1 aliphatic heterocycles. The number of hydrazone groups is 1. The van der Waals surface area contributed by atoms with Crippen LogP contribution in [0.25, 0.3) is 10.9 Å². The van der Waals surface area contributed by atoms with Gasteiger partial charge in [0, 0.05) is 12.3 Å². The fourth-order valence-electron chi connectivity index (χ4n) is 1.89. The first-order valence-corrected chi connectivity index (χ1v) is 5.49. The minimum absolute atomic E-state index is 0.0682. The average molecular weight is 242 g/mol. The van der Waals surface area contributed by atoms with E-state index in [2.05, 4.69) is 15.3 Å². The van der Waals surface area contributed by atoms with Gasteiger partial charge in [0.2, 0.25) is 0 Å². The summed E-state index contributed by atoms with van der Waals surface area (Å²) in [4.78, 5) is 23.0. The molecule has 1 aromatic carbocycles. The molecule has 18 heavy (non-hydrogen) atoms. The molecule has 1 amide bonds. The van der Waals surface area contributed by atoms with Gasteiger partial charge >= 0.3 is 0 Å². The van der Waals surface area contributed by atoms with Gasteiger partial charge in [0.05, 0.1) is 23.8 Å². The molecule has 90 valence electrons. The molecule has 0 bridgehead atoms. The lowest BCUT2D eigenvalue weighted by atomic mass is 10.2. The molecule has 0 unspecified atom stereocenters. The van der Waals surface area contributed by atoms with E-state index >= 15 is 0 Å². The Hall–Kier alpha value is -2.50. The third-order valence-electron chi connectivity index (χ3n) is 2.85. The van der Waals surface area contributed by atoms with Crippen LogP contribution in [0.3, 0.4) is 0 Å². The van der Waals surface area contributed by atoms with E-state index in [4.69, 9.17) is 0 Å². The van der Waals surface area contributed by atoms with E-state index in [-0.39, 0.29) is 18.1 Å². The van der Waals surface area contributed by atoms with Crippen LogP contribution in [0.2, 0.25) is 0 Å². The Labute approximate surface area is 102 Å². The Bertz CT molecular complexity index is 686. The van der Waals surface area contributed by atoms with Crippen LogP contribution in [0.1, 0.15) is 13.3 Å². The van der Waals surface area contributed by atoms with E-state index in [1.807, 2.05) is 12.1 Å². The SMILES string of the molecule is CC(=O)C1=NN(c2ccc3[nH]ncc3c2)C(=O)C1. The number of amides is 1. The van der Waals surface area contributed by atoms with Crippen LogP contribution in [0.5, 0.6) is 0 Å². The molecule has 1 aromatic heterocycles. The van der Waals surface area contributed by atoms with Gasteiger partial charge in [-0.25, -0.2) is 5.01 Å². The molecule has 0 spiro atoms. The Morgan fingerprint density at radius 1 is 1.44 bits per heavy atom. The number of hydrogen-bond donors (Lipinski definition) is 1. The van der Waals surface area contributed by atoms with Crippen molar-refractivity contribution in [2.45, 2.75) is 13.3 Å². The highest BCUT2D eigenvalue weighted by Crippen LogP contribution is 2.24. The number of nitrogens with zero attached hydrogens (tertiary/aromatic N) is 3. The predicted molar refractivity (Wildman–Crippen MR) is 66.3 cm³/mol. The number of fused-ring (bicyclic) bond motifs is 1. The third-order valence-corrected chi connectivity index (χ3v) is 2.85. The minimum atomic E-state index is -0.192. The molecule has 0 fully saturated rings. The summed E-state index contributed by atoms with van der Waals surface area (Å²) in [6, 6.07) is 5.40. The maximum Gasteiger partial charge on any atom is 0.253 e. The van der Waals surface area contributed by atoms with Gasteiger partial charge in [-0.15, -0.1) is 0 Å². The van der Waals surface area contributed by atoms with Gasteiger partial charge in [0.15, 0.2) is 5.78 Å². The maximum atomic E-state index is 11.8. The molecule has 6 nitrogen and oxygen atoms in total. The highest BCUT2D eigenvalue weighted by atomic mass is 16.2. The highest BCUT2D eigenvalue weighted by Gasteiger charge is 2.27. The van der Waals surface area contributed by atoms with E-state index < -0.39 is 0 Å². The van der Waals surface area contributed by atoms with Crippen LogP contribution in [-0.2, 0) is 9.59 Å². The number of hydrogen-bond acceptors (Lipinski definition) is 4. The highest BCUT2D eigenvalue weighted by molar-refractivity contribution is 6.44. The van der Waals surface area contributed by atoms with Crippen molar-refractivity contribution in [3.05, 3.63) is 24.4 Å². The zero-order valence-corrected chi connectivity index (χ0v) is 9.67. The maximum absolute atomic E-state index is 11.8. The number of nitrogens with one attached hydrogen (secondary N) is 1. The molecule has 6 heteroatoms. The molecule has 1 aliphatic rings. The second kappa shape index (κ2) is 3.76. The minimum Gasteiger partial charge on any atom is -0.293 e. The van der Waals surface area contributed by atoms with E-state index in [1.54, 1.807) is 12.3 Å². The molecular formula is C12H10N4O2. The van der Waals surface area contributed by atoms with Crippen molar-refractivity contribution in [2.75, 3.05) is 5.01 Å². The smallest absolute Gasteiger partial charge is 0.253 e. The van der Waals surface area contributed by atoms with Crippen LogP contribution in [0.4, 0.5) is 5.69 Å². The summed E-state index contributed by atoms with van der Waals surface area (Å²) in [6.45, 7) is 1.41. The van der Waals surface area contributed by atoms with Gasteiger partial charge in [0.1, 0.15) is 5.71 Å². The molecule has 3 rings (SSSR count). The Morgan fingerprint density at radius 3 is 3.00 bits per heavy atom. The lowest BCUT2D eigenvalue weighted by Gasteiger charge is -2.11. The number of carbonyl (C=O) groups is 2. The number of aromatic amines is 1. The zero-order valence-electron chi connectivity index (χ0n) is 9.67. The van der Waals surface area contributed by atoms with Crippen LogP contribution >= 0.6 is 0 Å². The Balaban J connectivity index is 2.03. The second-order valence-electron chi connectivity index (χ2n) is 4.13. The molecule has 0 atom stereocenters. The number of carbonyl (C=O) groups excluding carboxylic acids is 2. The van der Waals surface area contributed by atoms with Crippen LogP contribution < -0.4 is 5.01 Å². The predicted octanol–water partition coefficient (Wildman–Crippen LogP) is 1.24. The number of rotatable bonds is 2. The molecule has 0 saturated carbocycles. The number of ketones is 1. The summed E-state index contributed by atoms with van der Waals surface area (Å²) >= 11 is 0. The number of H-pyrrole nitrogens is 1. The number of benzene rings is 1. The third kappa shape index (κ3) is 1.58. The molecule has 1 N–H and O–H groups in total. The molecule has 0 radical (unpaired) electrons. The first-order chi connectivity index (χ1) is 8.65. The van der Waals surface area contributed by atoms with Gasteiger partial charge in [0.25, 0.3) is 5.91 Å². The van der Waals surface area contributed by atoms with Gasteiger partial charge in [-0.05, 0) is 18.2 Å².